The highest BCUT2D eigenvalue weighted by Gasteiger charge is 2.37. The minimum atomic E-state index is -0.0608. The quantitative estimate of drug-likeness (QED) is 0.840. The predicted molar refractivity (Wildman–Crippen MR) is 94.4 cm³/mol. The van der Waals surface area contributed by atoms with Crippen LogP contribution in [0.5, 0.6) is 0 Å². The minimum Gasteiger partial charge on any atom is -0.375 e. The van der Waals surface area contributed by atoms with Crippen LogP contribution in [-0.4, -0.2) is 40.1 Å². The van der Waals surface area contributed by atoms with E-state index in [-0.39, 0.29) is 23.6 Å². The zero-order valence-electron chi connectivity index (χ0n) is 13.7. The molecule has 1 unspecified atom stereocenters. The van der Waals surface area contributed by atoms with Gasteiger partial charge in [-0.25, -0.2) is 0 Å². The Morgan fingerprint density at radius 2 is 2.00 bits per heavy atom. The number of ether oxygens (including phenoxy) is 1. The second kappa shape index (κ2) is 6.33. The maximum absolute atomic E-state index is 12.7. The first-order chi connectivity index (χ1) is 11.7. The molecule has 1 amide bonds. The van der Waals surface area contributed by atoms with Gasteiger partial charge in [0.15, 0.2) is 0 Å². The summed E-state index contributed by atoms with van der Waals surface area (Å²) in [5.41, 5.74) is -0.0573. The molecule has 1 atom stereocenters. The molecule has 2 saturated heterocycles. The number of nitrogens with zero attached hydrogens (tertiary/aromatic N) is 2. The average molecular weight is 346 g/mol. The lowest BCUT2D eigenvalue weighted by Gasteiger charge is -2.26. The lowest BCUT2D eigenvalue weighted by molar-refractivity contribution is -0.131. The Morgan fingerprint density at radius 1 is 1.17 bits per heavy atom. The van der Waals surface area contributed by atoms with E-state index in [1.165, 1.54) is 11.5 Å². The van der Waals surface area contributed by atoms with Crippen LogP contribution in [0.2, 0.25) is 0 Å². The molecule has 0 saturated carbocycles. The Balaban J connectivity index is 1.47. The summed E-state index contributed by atoms with van der Waals surface area (Å²) in [6, 6.07) is 7.52. The first-order valence-electron chi connectivity index (χ1n) is 8.68. The summed E-state index contributed by atoms with van der Waals surface area (Å²) < 4.78 is 8.49. The Morgan fingerprint density at radius 3 is 2.79 bits per heavy atom. The summed E-state index contributed by atoms with van der Waals surface area (Å²) in [5.74, 6) is 0.0405. The number of carbonyl (C=O) groups excluding carboxylic acids is 1. The number of benzene rings is 1. The van der Waals surface area contributed by atoms with Crippen molar-refractivity contribution in [3.05, 3.63) is 34.6 Å². The van der Waals surface area contributed by atoms with Crippen LogP contribution < -0.4 is 5.56 Å². The van der Waals surface area contributed by atoms with Crippen LogP contribution in [0.3, 0.4) is 0 Å². The summed E-state index contributed by atoms with van der Waals surface area (Å²) in [4.78, 5) is 27.0. The standard InChI is InChI=1S/C18H22N2O3S/c21-16(13-20-17(22)14-5-1-2-6-15(14)24-20)19-10-3-7-18(9-11-19)8-4-12-23-18/h1-2,5-6H,3-4,7-13H2. The Bertz CT molecular complexity index is 804. The van der Waals surface area contributed by atoms with Crippen molar-refractivity contribution in [1.29, 1.82) is 0 Å². The second-order valence-corrected chi connectivity index (χ2v) is 7.86. The van der Waals surface area contributed by atoms with E-state index in [4.69, 9.17) is 4.74 Å². The van der Waals surface area contributed by atoms with Crippen LogP contribution >= 0.6 is 11.5 Å². The average Bonchev–Trinajstić information content (AvgIpc) is 3.09. The van der Waals surface area contributed by atoms with E-state index in [2.05, 4.69) is 0 Å². The number of carbonyl (C=O) groups is 1. The van der Waals surface area contributed by atoms with Crippen LogP contribution in [0.1, 0.15) is 32.1 Å². The molecule has 2 aliphatic heterocycles. The molecule has 0 radical (unpaired) electrons. The van der Waals surface area contributed by atoms with Gasteiger partial charge in [0.1, 0.15) is 6.54 Å². The molecule has 24 heavy (non-hydrogen) atoms. The minimum absolute atomic E-state index is 0.00345. The third kappa shape index (κ3) is 2.89. The summed E-state index contributed by atoms with van der Waals surface area (Å²) in [5, 5.41) is 0.699. The van der Waals surface area contributed by atoms with E-state index in [1.54, 1.807) is 3.96 Å². The Kier molecular flexibility index (Phi) is 4.18. The van der Waals surface area contributed by atoms with E-state index >= 15 is 0 Å². The van der Waals surface area contributed by atoms with Gasteiger partial charge >= 0.3 is 0 Å². The van der Waals surface area contributed by atoms with Crippen molar-refractivity contribution in [2.75, 3.05) is 19.7 Å². The number of likely N-dealkylation sites (tertiary alicyclic amines) is 1. The molecule has 2 aliphatic rings. The molecule has 6 heteroatoms. The van der Waals surface area contributed by atoms with Gasteiger partial charge in [-0.2, -0.15) is 0 Å². The highest BCUT2D eigenvalue weighted by atomic mass is 32.1. The summed E-state index contributed by atoms with van der Waals surface area (Å²) in [6.07, 6.45) is 5.18. The third-order valence-corrected chi connectivity index (χ3v) is 6.33. The number of amides is 1. The number of rotatable bonds is 2. The van der Waals surface area contributed by atoms with E-state index in [0.717, 1.165) is 56.5 Å². The van der Waals surface area contributed by atoms with Crippen LogP contribution in [0, 0.1) is 0 Å². The highest BCUT2D eigenvalue weighted by molar-refractivity contribution is 7.13. The molecule has 5 nitrogen and oxygen atoms in total. The molecule has 2 aromatic rings. The van der Waals surface area contributed by atoms with Gasteiger partial charge in [0, 0.05) is 19.7 Å². The SMILES string of the molecule is O=C(Cn1sc2ccccc2c1=O)N1CCCC2(CCCO2)CC1. The largest absolute Gasteiger partial charge is 0.375 e. The fourth-order valence-electron chi connectivity index (χ4n) is 3.91. The van der Waals surface area contributed by atoms with Crippen molar-refractivity contribution in [3.8, 4) is 0 Å². The van der Waals surface area contributed by atoms with E-state index < -0.39 is 0 Å². The summed E-state index contributed by atoms with van der Waals surface area (Å²) in [7, 11) is 0. The maximum Gasteiger partial charge on any atom is 0.268 e. The zero-order chi connectivity index (χ0) is 16.6. The lowest BCUT2D eigenvalue weighted by atomic mass is 9.92. The molecule has 1 aromatic carbocycles. The predicted octanol–water partition coefficient (Wildman–Crippen LogP) is 2.62. The van der Waals surface area contributed by atoms with Gasteiger partial charge in [-0.1, -0.05) is 23.7 Å². The van der Waals surface area contributed by atoms with E-state index in [0.29, 0.717) is 5.39 Å². The van der Waals surface area contributed by atoms with Gasteiger partial charge in [0.25, 0.3) is 5.56 Å². The molecule has 0 bridgehead atoms. The first-order valence-corrected chi connectivity index (χ1v) is 9.45. The summed E-state index contributed by atoms with van der Waals surface area (Å²) >= 11 is 1.37. The molecule has 3 heterocycles. The van der Waals surface area contributed by atoms with E-state index in [1.807, 2.05) is 29.2 Å². The number of aromatic nitrogens is 1. The molecular weight excluding hydrogens is 324 g/mol. The topological polar surface area (TPSA) is 51.5 Å². The van der Waals surface area contributed by atoms with Crippen molar-refractivity contribution in [2.45, 2.75) is 44.2 Å². The zero-order valence-corrected chi connectivity index (χ0v) is 14.5. The Labute approximate surface area is 145 Å². The smallest absolute Gasteiger partial charge is 0.268 e. The second-order valence-electron chi connectivity index (χ2n) is 6.80. The van der Waals surface area contributed by atoms with Gasteiger partial charge < -0.3 is 9.64 Å². The number of hydrogen-bond acceptors (Lipinski definition) is 4. The Hall–Kier alpha value is -1.66. The third-order valence-electron chi connectivity index (χ3n) is 5.27. The molecule has 128 valence electrons. The molecule has 2 fully saturated rings. The monoisotopic (exact) mass is 346 g/mol. The van der Waals surface area contributed by atoms with Crippen LogP contribution in [0.25, 0.3) is 10.1 Å². The molecule has 0 N–H and O–H groups in total. The van der Waals surface area contributed by atoms with Crippen molar-refractivity contribution in [1.82, 2.24) is 8.86 Å². The van der Waals surface area contributed by atoms with Crippen molar-refractivity contribution in [3.63, 3.8) is 0 Å². The van der Waals surface area contributed by atoms with Crippen molar-refractivity contribution < 1.29 is 9.53 Å². The van der Waals surface area contributed by atoms with Gasteiger partial charge in [-0.15, -0.1) is 0 Å². The van der Waals surface area contributed by atoms with Crippen molar-refractivity contribution in [2.24, 2.45) is 0 Å². The normalized spacial score (nSPS) is 24.6. The molecular formula is C18H22N2O3S. The fraction of sp³-hybridized carbons (Fsp3) is 0.556. The highest BCUT2D eigenvalue weighted by Crippen LogP contribution is 2.35. The maximum atomic E-state index is 12.7. The van der Waals surface area contributed by atoms with Gasteiger partial charge in [0.2, 0.25) is 5.91 Å². The fourth-order valence-corrected chi connectivity index (χ4v) is 4.90. The van der Waals surface area contributed by atoms with Gasteiger partial charge in [-0.3, -0.25) is 13.5 Å². The van der Waals surface area contributed by atoms with Crippen LogP contribution in [0.15, 0.2) is 29.1 Å². The van der Waals surface area contributed by atoms with Gasteiger partial charge in [-0.05, 0) is 44.2 Å². The first kappa shape index (κ1) is 15.8. The summed E-state index contributed by atoms with van der Waals surface area (Å²) in [6.45, 7) is 2.50. The van der Waals surface area contributed by atoms with Crippen molar-refractivity contribution >= 4 is 27.5 Å². The molecule has 4 rings (SSSR count). The molecule has 0 aliphatic carbocycles. The number of hydrogen-bond donors (Lipinski definition) is 0. The lowest BCUT2D eigenvalue weighted by Crippen LogP contribution is -2.37. The van der Waals surface area contributed by atoms with Crippen LogP contribution in [0.4, 0.5) is 0 Å². The molecule has 1 aromatic heterocycles. The van der Waals surface area contributed by atoms with E-state index in [9.17, 15) is 9.59 Å². The molecule has 1 spiro atoms. The van der Waals surface area contributed by atoms with Crippen LogP contribution in [-0.2, 0) is 16.1 Å². The number of fused-ring (bicyclic) bond motifs is 1. The van der Waals surface area contributed by atoms with Gasteiger partial charge in [0.05, 0.1) is 15.7 Å².